The van der Waals surface area contributed by atoms with Gasteiger partial charge in [0.1, 0.15) is 0 Å². The standard InChI is InChI=1S/C23H22/c1-19(17-18-20-10-3-2-4-11-20)9-7-13-22-15-8-14-21-12-5-6-16-23(21)22/h2-8,10-16H,1,9,17-18H2/b13-7+. The molecule has 0 heterocycles. The van der Waals surface area contributed by atoms with Gasteiger partial charge in [-0.1, -0.05) is 97.1 Å². The first-order chi connectivity index (χ1) is 11.3. The minimum Gasteiger partial charge on any atom is -0.0995 e. The van der Waals surface area contributed by atoms with E-state index < -0.39 is 0 Å². The summed E-state index contributed by atoms with van der Waals surface area (Å²) in [4.78, 5) is 0. The van der Waals surface area contributed by atoms with Crippen LogP contribution in [0.5, 0.6) is 0 Å². The Kier molecular flexibility index (Phi) is 5.06. The molecule has 0 aliphatic rings. The molecule has 3 aromatic carbocycles. The lowest BCUT2D eigenvalue weighted by molar-refractivity contribution is 0.917. The van der Waals surface area contributed by atoms with E-state index in [1.165, 1.54) is 27.5 Å². The van der Waals surface area contributed by atoms with E-state index >= 15 is 0 Å². The predicted molar refractivity (Wildman–Crippen MR) is 102 cm³/mol. The molecule has 0 aliphatic carbocycles. The number of hydrogen-bond donors (Lipinski definition) is 0. The highest BCUT2D eigenvalue weighted by atomic mass is 14.0. The quantitative estimate of drug-likeness (QED) is 0.460. The van der Waals surface area contributed by atoms with Crippen LogP contribution in [-0.4, -0.2) is 0 Å². The van der Waals surface area contributed by atoms with Crippen LogP contribution in [0.25, 0.3) is 16.8 Å². The van der Waals surface area contributed by atoms with Crippen molar-refractivity contribution in [1.29, 1.82) is 0 Å². The van der Waals surface area contributed by atoms with E-state index in [-0.39, 0.29) is 0 Å². The third-order valence-corrected chi connectivity index (χ3v) is 4.14. The fourth-order valence-corrected chi connectivity index (χ4v) is 2.82. The Morgan fingerprint density at radius 3 is 2.43 bits per heavy atom. The summed E-state index contributed by atoms with van der Waals surface area (Å²) in [5, 5.41) is 2.60. The van der Waals surface area contributed by atoms with Gasteiger partial charge in [-0.3, -0.25) is 0 Å². The van der Waals surface area contributed by atoms with Crippen LogP contribution in [0.4, 0.5) is 0 Å². The van der Waals surface area contributed by atoms with E-state index in [1.54, 1.807) is 0 Å². The van der Waals surface area contributed by atoms with Gasteiger partial charge in [-0.2, -0.15) is 0 Å². The summed E-state index contributed by atoms with van der Waals surface area (Å²) >= 11 is 0. The highest BCUT2D eigenvalue weighted by Crippen LogP contribution is 2.20. The summed E-state index contributed by atoms with van der Waals surface area (Å²) in [6, 6.07) is 25.6. The summed E-state index contributed by atoms with van der Waals surface area (Å²) < 4.78 is 0. The van der Waals surface area contributed by atoms with Crippen LogP contribution < -0.4 is 0 Å². The molecule has 0 radical (unpaired) electrons. The molecular weight excluding hydrogens is 276 g/mol. The second kappa shape index (κ2) is 7.60. The van der Waals surface area contributed by atoms with Crippen LogP contribution >= 0.6 is 0 Å². The number of hydrogen-bond acceptors (Lipinski definition) is 0. The first kappa shape index (κ1) is 15.3. The van der Waals surface area contributed by atoms with Crippen molar-refractivity contribution in [2.75, 3.05) is 0 Å². The zero-order valence-corrected chi connectivity index (χ0v) is 13.4. The molecule has 0 amide bonds. The lowest BCUT2D eigenvalue weighted by Crippen LogP contribution is -1.87. The van der Waals surface area contributed by atoms with E-state index in [4.69, 9.17) is 0 Å². The van der Waals surface area contributed by atoms with E-state index in [9.17, 15) is 0 Å². The largest absolute Gasteiger partial charge is 0.0995 e. The van der Waals surface area contributed by atoms with Gasteiger partial charge in [0.2, 0.25) is 0 Å². The molecule has 0 unspecified atom stereocenters. The maximum absolute atomic E-state index is 4.21. The lowest BCUT2D eigenvalue weighted by Gasteiger charge is -2.04. The Morgan fingerprint density at radius 1 is 0.826 bits per heavy atom. The van der Waals surface area contributed by atoms with Crippen LogP contribution in [0, 0.1) is 0 Å². The molecule has 0 N–H and O–H groups in total. The Morgan fingerprint density at radius 2 is 1.57 bits per heavy atom. The zero-order valence-electron chi connectivity index (χ0n) is 13.4. The van der Waals surface area contributed by atoms with Gasteiger partial charge in [-0.15, -0.1) is 0 Å². The topological polar surface area (TPSA) is 0 Å². The van der Waals surface area contributed by atoms with Crippen molar-refractivity contribution in [3.05, 3.63) is 102 Å². The minimum atomic E-state index is 0.941. The zero-order chi connectivity index (χ0) is 15.9. The minimum absolute atomic E-state index is 0.941. The summed E-state index contributed by atoms with van der Waals surface area (Å²) in [6.07, 6.45) is 7.51. The molecule has 0 saturated carbocycles. The second-order valence-electron chi connectivity index (χ2n) is 5.91. The number of rotatable bonds is 6. The Hall–Kier alpha value is -2.60. The highest BCUT2D eigenvalue weighted by Gasteiger charge is 1.97. The van der Waals surface area contributed by atoms with Crippen LogP contribution in [0.15, 0.2) is 91.0 Å². The first-order valence-corrected chi connectivity index (χ1v) is 8.18. The lowest BCUT2D eigenvalue weighted by atomic mass is 10.0. The number of allylic oxidation sites excluding steroid dienone is 2. The summed E-state index contributed by atoms with van der Waals surface area (Å²) in [7, 11) is 0. The molecule has 0 aromatic heterocycles. The third-order valence-electron chi connectivity index (χ3n) is 4.14. The fraction of sp³-hybridized carbons (Fsp3) is 0.130. The summed E-state index contributed by atoms with van der Waals surface area (Å²) in [5.74, 6) is 0. The van der Waals surface area contributed by atoms with Crippen molar-refractivity contribution in [3.8, 4) is 0 Å². The van der Waals surface area contributed by atoms with Gasteiger partial charge in [-0.25, -0.2) is 0 Å². The van der Waals surface area contributed by atoms with Crippen molar-refractivity contribution in [1.82, 2.24) is 0 Å². The molecular formula is C23H22. The number of benzene rings is 3. The smallest absolute Gasteiger partial charge is 0.0112 e. The highest BCUT2D eigenvalue weighted by molar-refractivity contribution is 5.90. The average molecular weight is 298 g/mol. The Labute approximate surface area is 138 Å². The average Bonchev–Trinajstić information content (AvgIpc) is 2.61. The van der Waals surface area contributed by atoms with Crippen molar-refractivity contribution < 1.29 is 0 Å². The second-order valence-corrected chi connectivity index (χ2v) is 5.91. The maximum Gasteiger partial charge on any atom is -0.0112 e. The van der Waals surface area contributed by atoms with Crippen LogP contribution in [0.1, 0.15) is 24.0 Å². The molecule has 23 heavy (non-hydrogen) atoms. The van der Waals surface area contributed by atoms with E-state index in [2.05, 4.69) is 91.5 Å². The SMILES string of the molecule is C=C(C/C=C/c1cccc2ccccc12)CCc1ccccc1. The van der Waals surface area contributed by atoms with Crippen LogP contribution in [0.3, 0.4) is 0 Å². The maximum atomic E-state index is 4.21. The normalized spacial score (nSPS) is 11.1. The molecule has 0 heteroatoms. The van der Waals surface area contributed by atoms with E-state index in [1.807, 2.05) is 0 Å². The van der Waals surface area contributed by atoms with Gasteiger partial charge in [0, 0.05) is 0 Å². The van der Waals surface area contributed by atoms with E-state index in [0.717, 1.165) is 19.3 Å². The summed E-state index contributed by atoms with van der Waals surface area (Å²) in [5.41, 5.74) is 3.94. The van der Waals surface area contributed by atoms with Crippen molar-refractivity contribution in [3.63, 3.8) is 0 Å². The van der Waals surface area contributed by atoms with Gasteiger partial charge in [0.25, 0.3) is 0 Å². The molecule has 3 aromatic rings. The molecule has 3 rings (SSSR count). The predicted octanol–water partition coefficient (Wildman–Crippen LogP) is 6.43. The molecule has 0 nitrogen and oxygen atoms in total. The van der Waals surface area contributed by atoms with Gasteiger partial charge < -0.3 is 0 Å². The van der Waals surface area contributed by atoms with Crippen molar-refractivity contribution in [2.45, 2.75) is 19.3 Å². The Balaban J connectivity index is 1.59. The monoisotopic (exact) mass is 298 g/mol. The molecule has 0 bridgehead atoms. The van der Waals surface area contributed by atoms with Gasteiger partial charge in [0.05, 0.1) is 0 Å². The number of aryl methyl sites for hydroxylation is 1. The van der Waals surface area contributed by atoms with Gasteiger partial charge in [0.15, 0.2) is 0 Å². The molecule has 114 valence electrons. The van der Waals surface area contributed by atoms with E-state index in [0.29, 0.717) is 0 Å². The molecule has 0 aliphatic heterocycles. The van der Waals surface area contributed by atoms with Gasteiger partial charge >= 0.3 is 0 Å². The third kappa shape index (κ3) is 4.20. The molecule has 0 fully saturated rings. The molecule has 0 spiro atoms. The number of fused-ring (bicyclic) bond motifs is 1. The van der Waals surface area contributed by atoms with Crippen LogP contribution in [0.2, 0.25) is 0 Å². The summed E-state index contributed by atoms with van der Waals surface area (Å²) in [6.45, 7) is 4.21. The first-order valence-electron chi connectivity index (χ1n) is 8.18. The molecule has 0 saturated heterocycles. The fourth-order valence-electron chi connectivity index (χ4n) is 2.82. The molecule has 0 atom stereocenters. The Bertz CT molecular complexity index is 804. The van der Waals surface area contributed by atoms with Crippen LogP contribution in [-0.2, 0) is 6.42 Å². The van der Waals surface area contributed by atoms with Crippen molar-refractivity contribution >= 4 is 16.8 Å². The van der Waals surface area contributed by atoms with Gasteiger partial charge in [-0.05, 0) is 41.2 Å². The van der Waals surface area contributed by atoms with Crippen molar-refractivity contribution in [2.24, 2.45) is 0 Å².